The molecule has 2 aliphatic rings. The molecular weight excluding hydrogens is 208 g/mol. The highest BCUT2D eigenvalue weighted by molar-refractivity contribution is 5.72. The highest BCUT2D eigenvalue weighted by Gasteiger charge is 2.30. The molecule has 2 heterocycles. The van der Waals surface area contributed by atoms with Gasteiger partial charge in [-0.05, 0) is 32.6 Å². The summed E-state index contributed by atoms with van der Waals surface area (Å²) in [4.78, 5) is 20.9. The van der Waals surface area contributed by atoms with Gasteiger partial charge < -0.3 is 9.47 Å². The largest absolute Gasteiger partial charge is 0.466 e. The van der Waals surface area contributed by atoms with E-state index in [2.05, 4.69) is 6.92 Å². The zero-order chi connectivity index (χ0) is 12.2. The average molecular weight is 228 g/mol. The molecule has 4 heteroatoms. The Morgan fingerprint density at radius 2 is 1.94 bits per heavy atom. The predicted octanol–water partition coefficient (Wildman–Crippen LogP) is 2.06. The Morgan fingerprint density at radius 1 is 1.25 bits per heavy atom. The number of hydrogen-bond acceptors (Lipinski definition) is 4. The highest BCUT2D eigenvalue weighted by atomic mass is 16.6. The lowest BCUT2D eigenvalue weighted by atomic mass is 10.0. The van der Waals surface area contributed by atoms with E-state index in [1.807, 2.05) is 13.8 Å². The minimum atomic E-state index is -0.183. The number of cyclic esters (lactones) is 2. The summed E-state index contributed by atoms with van der Waals surface area (Å²) in [6, 6.07) is 0. The monoisotopic (exact) mass is 228 g/mol. The summed E-state index contributed by atoms with van der Waals surface area (Å²) < 4.78 is 9.62. The smallest absolute Gasteiger partial charge is 0.306 e. The standard InChI is InChI=1S/2C6H10O2/c1-6(2)4-3-5(7)8-6;1-5-2-3-8-6(7)4-5/h3-4H2,1-2H3;5H,2-4H2,1H3. The molecule has 0 aromatic carbocycles. The van der Waals surface area contributed by atoms with Gasteiger partial charge in [-0.2, -0.15) is 0 Å². The van der Waals surface area contributed by atoms with Crippen molar-refractivity contribution in [3.63, 3.8) is 0 Å². The first kappa shape index (κ1) is 13.0. The van der Waals surface area contributed by atoms with Gasteiger partial charge in [0.15, 0.2) is 0 Å². The molecule has 92 valence electrons. The predicted molar refractivity (Wildman–Crippen MR) is 58.8 cm³/mol. The van der Waals surface area contributed by atoms with Crippen molar-refractivity contribution in [1.82, 2.24) is 0 Å². The topological polar surface area (TPSA) is 52.6 Å². The molecule has 0 bridgehead atoms. The minimum Gasteiger partial charge on any atom is -0.466 e. The molecule has 1 atom stereocenters. The van der Waals surface area contributed by atoms with Gasteiger partial charge in [0.1, 0.15) is 5.60 Å². The summed E-state index contributed by atoms with van der Waals surface area (Å²) in [5.74, 6) is 0.440. The summed E-state index contributed by atoms with van der Waals surface area (Å²) in [7, 11) is 0. The SMILES string of the molecule is CC1(C)CCC(=O)O1.CC1CCOC(=O)C1. The summed E-state index contributed by atoms with van der Waals surface area (Å²) in [5, 5.41) is 0. The number of rotatable bonds is 0. The van der Waals surface area contributed by atoms with Crippen LogP contribution >= 0.6 is 0 Å². The third kappa shape index (κ3) is 4.64. The summed E-state index contributed by atoms with van der Waals surface area (Å²) in [6.45, 7) is 6.55. The van der Waals surface area contributed by atoms with Crippen LogP contribution in [0.15, 0.2) is 0 Å². The van der Waals surface area contributed by atoms with Gasteiger partial charge in [0, 0.05) is 12.8 Å². The van der Waals surface area contributed by atoms with Crippen LogP contribution in [0.5, 0.6) is 0 Å². The lowest BCUT2D eigenvalue weighted by molar-refractivity contribution is -0.149. The fourth-order valence-corrected chi connectivity index (χ4v) is 1.63. The molecule has 2 saturated heterocycles. The fourth-order valence-electron chi connectivity index (χ4n) is 1.63. The Hall–Kier alpha value is -1.06. The van der Waals surface area contributed by atoms with Crippen LogP contribution in [0.3, 0.4) is 0 Å². The molecule has 0 aromatic heterocycles. The fraction of sp³-hybridized carbons (Fsp3) is 0.833. The Bertz CT molecular complexity index is 268. The second kappa shape index (κ2) is 5.32. The number of carbonyl (C=O) groups is 2. The van der Waals surface area contributed by atoms with E-state index in [9.17, 15) is 9.59 Å². The van der Waals surface area contributed by atoms with E-state index < -0.39 is 0 Å². The van der Waals surface area contributed by atoms with Crippen LogP contribution in [-0.2, 0) is 19.1 Å². The van der Waals surface area contributed by atoms with E-state index in [1.165, 1.54) is 0 Å². The van der Waals surface area contributed by atoms with Gasteiger partial charge in [-0.25, -0.2) is 0 Å². The van der Waals surface area contributed by atoms with Gasteiger partial charge in [0.25, 0.3) is 0 Å². The maximum absolute atomic E-state index is 10.5. The van der Waals surface area contributed by atoms with Crippen molar-refractivity contribution in [3.05, 3.63) is 0 Å². The zero-order valence-electron chi connectivity index (χ0n) is 10.2. The second-order valence-electron chi connectivity index (χ2n) is 5.05. The number of ether oxygens (including phenoxy) is 2. The number of hydrogen-bond donors (Lipinski definition) is 0. The molecule has 0 amide bonds. The number of esters is 2. The van der Waals surface area contributed by atoms with E-state index in [1.54, 1.807) is 0 Å². The van der Waals surface area contributed by atoms with Crippen LogP contribution < -0.4 is 0 Å². The molecule has 0 aromatic rings. The Morgan fingerprint density at radius 3 is 2.19 bits per heavy atom. The van der Waals surface area contributed by atoms with E-state index in [0.29, 0.717) is 25.4 Å². The van der Waals surface area contributed by atoms with Crippen LogP contribution in [0.2, 0.25) is 0 Å². The maximum atomic E-state index is 10.5. The van der Waals surface area contributed by atoms with E-state index in [0.717, 1.165) is 12.8 Å². The van der Waals surface area contributed by atoms with Crippen LogP contribution in [0.1, 0.15) is 46.5 Å². The third-order valence-electron chi connectivity index (χ3n) is 2.71. The minimum absolute atomic E-state index is 0.0382. The Labute approximate surface area is 96.3 Å². The zero-order valence-corrected chi connectivity index (χ0v) is 10.2. The van der Waals surface area contributed by atoms with Crippen LogP contribution in [0, 0.1) is 5.92 Å². The maximum Gasteiger partial charge on any atom is 0.306 e. The lowest BCUT2D eigenvalue weighted by Gasteiger charge is -2.16. The average Bonchev–Trinajstić information content (AvgIpc) is 2.44. The van der Waals surface area contributed by atoms with Crippen LogP contribution in [0.4, 0.5) is 0 Å². The molecule has 2 fully saturated rings. The molecule has 4 nitrogen and oxygen atoms in total. The summed E-state index contributed by atoms with van der Waals surface area (Å²) in [6.07, 6.45) is 3.10. The summed E-state index contributed by atoms with van der Waals surface area (Å²) in [5.41, 5.74) is -0.183. The number of carbonyl (C=O) groups excluding carboxylic acids is 2. The molecule has 0 saturated carbocycles. The Balaban J connectivity index is 0.000000160. The van der Waals surface area contributed by atoms with Gasteiger partial charge in [0.05, 0.1) is 6.61 Å². The summed E-state index contributed by atoms with van der Waals surface area (Å²) >= 11 is 0. The van der Waals surface area contributed by atoms with Gasteiger partial charge in [-0.15, -0.1) is 0 Å². The first-order chi connectivity index (χ1) is 7.39. The van der Waals surface area contributed by atoms with Crippen molar-refractivity contribution >= 4 is 11.9 Å². The molecule has 2 rings (SSSR count). The van der Waals surface area contributed by atoms with E-state index >= 15 is 0 Å². The van der Waals surface area contributed by atoms with Gasteiger partial charge in [0.2, 0.25) is 0 Å². The van der Waals surface area contributed by atoms with Crippen molar-refractivity contribution in [2.24, 2.45) is 5.92 Å². The molecule has 2 aliphatic heterocycles. The van der Waals surface area contributed by atoms with Crippen molar-refractivity contribution < 1.29 is 19.1 Å². The molecule has 0 spiro atoms. The van der Waals surface area contributed by atoms with Crippen molar-refractivity contribution in [2.75, 3.05) is 6.61 Å². The molecular formula is C12H20O4. The van der Waals surface area contributed by atoms with Gasteiger partial charge in [-0.3, -0.25) is 9.59 Å². The normalized spacial score (nSPS) is 27.6. The van der Waals surface area contributed by atoms with Crippen molar-refractivity contribution in [3.8, 4) is 0 Å². The lowest BCUT2D eigenvalue weighted by Crippen LogP contribution is -2.18. The molecule has 1 unspecified atom stereocenters. The van der Waals surface area contributed by atoms with E-state index in [-0.39, 0.29) is 17.5 Å². The van der Waals surface area contributed by atoms with Crippen molar-refractivity contribution in [1.29, 1.82) is 0 Å². The van der Waals surface area contributed by atoms with Crippen LogP contribution in [-0.4, -0.2) is 24.1 Å². The molecule has 0 radical (unpaired) electrons. The molecule has 0 aliphatic carbocycles. The molecule has 0 N–H and O–H groups in total. The highest BCUT2D eigenvalue weighted by Crippen LogP contribution is 2.24. The molecule has 16 heavy (non-hydrogen) atoms. The Kier molecular flexibility index (Phi) is 4.33. The third-order valence-corrected chi connectivity index (χ3v) is 2.71. The van der Waals surface area contributed by atoms with Crippen LogP contribution in [0.25, 0.3) is 0 Å². The van der Waals surface area contributed by atoms with Gasteiger partial charge >= 0.3 is 11.9 Å². The first-order valence-electron chi connectivity index (χ1n) is 5.76. The first-order valence-corrected chi connectivity index (χ1v) is 5.76. The van der Waals surface area contributed by atoms with E-state index in [4.69, 9.17) is 9.47 Å². The quantitative estimate of drug-likeness (QED) is 0.595. The van der Waals surface area contributed by atoms with Crippen molar-refractivity contribution in [2.45, 2.75) is 52.1 Å². The van der Waals surface area contributed by atoms with Gasteiger partial charge in [-0.1, -0.05) is 6.92 Å². The second-order valence-corrected chi connectivity index (χ2v) is 5.05.